The summed E-state index contributed by atoms with van der Waals surface area (Å²) in [6, 6.07) is 14.9. The molecule has 0 amide bonds. The third-order valence-corrected chi connectivity index (χ3v) is 5.45. The molecule has 25 heavy (non-hydrogen) atoms. The molecule has 1 aromatic carbocycles. The monoisotopic (exact) mass is 348 g/mol. The summed E-state index contributed by atoms with van der Waals surface area (Å²) in [4.78, 5) is 17.4. The van der Waals surface area contributed by atoms with Crippen molar-refractivity contribution in [2.75, 3.05) is 17.7 Å². The standard InChI is InChI=1S/C20H20N4S/c1-14-17-13-22-20(19-5-3-4-11-21-19)23-18(17)10-12-24(14)15-6-8-16(25-2)9-7-15/h3-9,11,13-14H,10,12H2,1-2H3. The minimum Gasteiger partial charge on any atom is -0.364 e. The van der Waals surface area contributed by atoms with E-state index < -0.39 is 0 Å². The summed E-state index contributed by atoms with van der Waals surface area (Å²) in [6.45, 7) is 3.19. The molecule has 1 unspecified atom stereocenters. The zero-order valence-corrected chi connectivity index (χ0v) is 15.2. The first-order valence-electron chi connectivity index (χ1n) is 8.44. The highest BCUT2D eigenvalue weighted by Crippen LogP contribution is 2.33. The predicted octanol–water partition coefficient (Wildman–Crippen LogP) is 4.38. The Morgan fingerprint density at radius 1 is 1.08 bits per heavy atom. The minimum absolute atomic E-state index is 0.265. The molecule has 1 aliphatic rings. The summed E-state index contributed by atoms with van der Waals surface area (Å²) in [5.41, 5.74) is 4.43. The molecule has 0 fully saturated rings. The molecule has 1 aliphatic heterocycles. The van der Waals surface area contributed by atoms with Gasteiger partial charge in [0.2, 0.25) is 0 Å². The maximum absolute atomic E-state index is 4.79. The zero-order chi connectivity index (χ0) is 17.2. The molecule has 4 nitrogen and oxygen atoms in total. The molecule has 0 radical (unpaired) electrons. The Labute approximate surface area is 152 Å². The topological polar surface area (TPSA) is 41.9 Å². The van der Waals surface area contributed by atoms with Crippen molar-refractivity contribution in [3.05, 3.63) is 66.1 Å². The zero-order valence-electron chi connectivity index (χ0n) is 14.4. The first-order chi connectivity index (χ1) is 12.3. The maximum atomic E-state index is 4.79. The van der Waals surface area contributed by atoms with E-state index >= 15 is 0 Å². The molecule has 0 saturated heterocycles. The normalized spacial score (nSPS) is 16.6. The van der Waals surface area contributed by atoms with Crippen molar-refractivity contribution >= 4 is 17.4 Å². The van der Waals surface area contributed by atoms with E-state index in [9.17, 15) is 0 Å². The number of thioether (sulfide) groups is 1. The van der Waals surface area contributed by atoms with Gasteiger partial charge >= 0.3 is 0 Å². The first-order valence-corrected chi connectivity index (χ1v) is 9.66. The summed E-state index contributed by atoms with van der Waals surface area (Å²) < 4.78 is 0. The molecule has 0 saturated carbocycles. The molecule has 0 aliphatic carbocycles. The number of pyridine rings is 1. The van der Waals surface area contributed by atoms with E-state index in [0.29, 0.717) is 5.82 Å². The van der Waals surface area contributed by atoms with Crippen LogP contribution in [0.25, 0.3) is 11.5 Å². The van der Waals surface area contributed by atoms with E-state index in [1.54, 1.807) is 18.0 Å². The molecule has 126 valence electrons. The van der Waals surface area contributed by atoms with Crippen molar-refractivity contribution in [1.29, 1.82) is 0 Å². The van der Waals surface area contributed by atoms with E-state index in [0.717, 1.165) is 24.4 Å². The van der Waals surface area contributed by atoms with E-state index in [2.05, 4.69) is 52.3 Å². The van der Waals surface area contributed by atoms with Crippen molar-refractivity contribution in [2.45, 2.75) is 24.3 Å². The van der Waals surface area contributed by atoms with Crippen molar-refractivity contribution in [3.63, 3.8) is 0 Å². The third kappa shape index (κ3) is 3.12. The van der Waals surface area contributed by atoms with Gasteiger partial charge in [-0.1, -0.05) is 6.07 Å². The van der Waals surface area contributed by atoms with Crippen LogP contribution in [-0.2, 0) is 6.42 Å². The van der Waals surface area contributed by atoms with Crippen LogP contribution in [0, 0.1) is 0 Å². The van der Waals surface area contributed by atoms with Crippen LogP contribution in [-0.4, -0.2) is 27.8 Å². The number of aromatic nitrogens is 3. The second-order valence-corrected chi connectivity index (χ2v) is 7.01. The Morgan fingerprint density at radius 2 is 1.92 bits per heavy atom. The molecular formula is C20H20N4S. The van der Waals surface area contributed by atoms with Gasteiger partial charge in [0.25, 0.3) is 0 Å². The van der Waals surface area contributed by atoms with Crippen LogP contribution in [0.2, 0.25) is 0 Å². The number of hydrogen-bond donors (Lipinski definition) is 0. The van der Waals surface area contributed by atoms with E-state index in [1.807, 2.05) is 24.4 Å². The number of anilines is 1. The van der Waals surface area contributed by atoms with Gasteiger partial charge < -0.3 is 4.90 Å². The van der Waals surface area contributed by atoms with Gasteiger partial charge in [0.05, 0.1) is 11.7 Å². The fraction of sp³-hybridized carbons (Fsp3) is 0.250. The largest absolute Gasteiger partial charge is 0.364 e. The molecule has 0 N–H and O–H groups in total. The Balaban J connectivity index is 1.63. The van der Waals surface area contributed by atoms with Crippen LogP contribution >= 0.6 is 11.8 Å². The lowest BCUT2D eigenvalue weighted by atomic mass is 9.98. The molecule has 3 heterocycles. The van der Waals surface area contributed by atoms with Gasteiger partial charge in [-0.15, -0.1) is 11.8 Å². The second-order valence-electron chi connectivity index (χ2n) is 6.13. The van der Waals surface area contributed by atoms with Gasteiger partial charge in [-0.25, -0.2) is 9.97 Å². The molecule has 3 aromatic rings. The van der Waals surface area contributed by atoms with E-state index in [4.69, 9.17) is 4.98 Å². The number of benzene rings is 1. The average Bonchev–Trinajstić information content (AvgIpc) is 2.69. The molecule has 0 bridgehead atoms. The smallest absolute Gasteiger partial charge is 0.178 e. The fourth-order valence-corrected chi connectivity index (χ4v) is 3.72. The van der Waals surface area contributed by atoms with Crippen LogP contribution < -0.4 is 4.90 Å². The van der Waals surface area contributed by atoms with Gasteiger partial charge in [-0.2, -0.15) is 0 Å². The SMILES string of the molecule is CSc1ccc(N2CCc3nc(-c4ccccn4)ncc3C2C)cc1. The summed E-state index contributed by atoms with van der Waals surface area (Å²) in [5.74, 6) is 0.712. The van der Waals surface area contributed by atoms with Gasteiger partial charge in [0.1, 0.15) is 5.69 Å². The fourth-order valence-electron chi connectivity index (χ4n) is 3.31. The van der Waals surface area contributed by atoms with Crippen LogP contribution in [0.1, 0.15) is 24.2 Å². The number of rotatable bonds is 3. The van der Waals surface area contributed by atoms with Gasteiger partial charge in [-0.3, -0.25) is 4.98 Å². The molecule has 4 rings (SSSR count). The minimum atomic E-state index is 0.265. The summed E-state index contributed by atoms with van der Waals surface area (Å²) in [7, 11) is 0. The molecule has 0 spiro atoms. The van der Waals surface area contributed by atoms with Crippen molar-refractivity contribution < 1.29 is 0 Å². The van der Waals surface area contributed by atoms with Gasteiger partial charge in [-0.05, 0) is 49.6 Å². The predicted molar refractivity (Wildman–Crippen MR) is 103 cm³/mol. The summed E-state index contributed by atoms with van der Waals surface area (Å²) >= 11 is 1.77. The molecule has 5 heteroatoms. The van der Waals surface area contributed by atoms with Crippen LogP contribution in [0.15, 0.2) is 59.8 Å². The Bertz CT molecular complexity index is 865. The van der Waals surface area contributed by atoms with E-state index in [1.165, 1.54) is 16.1 Å². The van der Waals surface area contributed by atoms with Crippen LogP contribution in [0.4, 0.5) is 5.69 Å². The maximum Gasteiger partial charge on any atom is 0.178 e. The molecule has 2 aromatic heterocycles. The highest BCUT2D eigenvalue weighted by Gasteiger charge is 2.26. The van der Waals surface area contributed by atoms with Crippen LogP contribution in [0.3, 0.4) is 0 Å². The van der Waals surface area contributed by atoms with Crippen molar-refractivity contribution in [2.24, 2.45) is 0 Å². The lowest BCUT2D eigenvalue weighted by Gasteiger charge is -2.36. The Morgan fingerprint density at radius 3 is 2.64 bits per heavy atom. The van der Waals surface area contributed by atoms with Crippen LogP contribution in [0.5, 0.6) is 0 Å². The average molecular weight is 348 g/mol. The molecular weight excluding hydrogens is 328 g/mol. The number of hydrogen-bond acceptors (Lipinski definition) is 5. The van der Waals surface area contributed by atoms with E-state index in [-0.39, 0.29) is 6.04 Å². The van der Waals surface area contributed by atoms with Crippen molar-refractivity contribution in [1.82, 2.24) is 15.0 Å². The highest BCUT2D eigenvalue weighted by molar-refractivity contribution is 7.98. The number of nitrogens with zero attached hydrogens (tertiary/aromatic N) is 4. The molecule has 1 atom stereocenters. The third-order valence-electron chi connectivity index (χ3n) is 4.71. The lowest BCUT2D eigenvalue weighted by molar-refractivity contribution is 0.609. The Kier molecular flexibility index (Phi) is 4.40. The first kappa shape index (κ1) is 16.1. The second kappa shape index (κ2) is 6.84. The van der Waals surface area contributed by atoms with Gasteiger partial charge in [0, 0.05) is 41.5 Å². The Hall–Kier alpha value is -2.40. The quantitative estimate of drug-likeness (QED) is 0.657. The van der Waals surface area contributed by atoms with Gasteiger partial charge in [0.15, 0.2) is 5.82 Å². The summed E-state index contributed by atoms with van der Waals surface area (Å²) in [6.07, 6.45) is 6.78. The highest BCUT2D eigenvalue weighted by atomic mass is 32.2. The summed E-state index contributed by atoms with van der Waals surface area (Å²) in [5, 5.41) is 0. The lowest BCUT2D eigenvalue weighted by Crippen LogP contribution is -2.34. The number of fused-ring (bicyclic) bond motifs is 1. The van der Waals surface area contributed by atoms with Crippen molar-refractivity contribution in [3.8, 4) is 11.5 Å².